The van der Waals surface area contributed by atoms with Crippen LogP contribution in [-0.4, -0.2) is 71.7 Å². The largest absolute Gasteiger partial charge is 0.480 e. The summed E-state index contributed by atoms with van der Waals surface area (Å²) in [5.74, 6) is -2.19. The van der Waals surface area contributed by atoms with Gasteiger partial charge in [0.15, 0.2) is 0 Å². The number of amides is 3. The molecule has 202 valence electrons. The SMILES string of the molecule is CCCNC(=O)CCC(NC(=O)OCc1ccccc1)C(=O)NC(CCC(=O)CS(C)(C)Br)C(=O)O. The summed E-state index contributed by atoms with van der Waals surface area (Å²) in [6.45, 7) is 2.35. The lowest BCUT2D eigenvalue weighted by molar-refractivity contribution is -0.142. The van der Waals surface area contributed by atoms with Crippen LogP contribution < -0.4 is 16.0 Å². The van der Waals surface area contributed by atoms with Gasteiger partial charge in [0.1, 0.15) is 24.5 Å². The zero-order valence-corrected chi connectivity index (χ0v) is 23.3. The fraction of sp³-hybridized carbons (Fsp3) is 0.542. The number of carboxylic acids is 1. The number of hydrogen-bond acceptors (Lipinski definition) is 6. The molecule has 12 heteroatoms. The number of aliphatic carboxylic acids is 1. The summed E-state index contributed by atoms with van der Waals surface area (Å²) < 4.78 is 5.16. The number of hydrogen-bond donors (Lipinski definition) is 4. The summed E-state index contributed by atoms with van der Waals surface area (Å²) in [5, 5.41) is 17.0. The van der Waals surface area contributed by atoms with Gasteiger partial charge in [0, 0.05) is 25.1 Å². The number of rotatable bonds is 16. The fourth-order valence-electron chi connectivity index (χ4n) is 3.09. The lowest BCUT2D eigenvalue weighted by Crippen LogP contribution is -2.52. The van der Waals surface area contributed by atoms with Gasteiger partial charge in [0.25, 0.3) is 0 Å². The van der Waals surface area contributed by atoms with E-state index in [-0.39, 0.29) is 49.7 Å². The van der Waals surface area contributed by atoms with Crippen molar-refractivity contribution in [2.45, 2.75) is 57.7 Å². The molecular weight excluding hydrogens is 554 g/mol. The maximum atomic E-state index is 12.9. The topological polar surface area (TPSA) is 151 Å². The third kappa shape index (κ3) is 14.1. The van der Waals surface area contributed by atoms with Gasteiger partial charge in [0.2, 0.25) is 11.8 Å². The zero-order chi connectivity index (χ0) is 27.1. The number of benzene rings is 1. The van der Waals surface area contributed by atoms with E-state index >= 15 is 0 Å². The van der Waals surface area contributed by atoms with Crippen molar-refractivity contribution in [1.82, 2.24) is 16.0 Å². The third-order valence-corrected chi connectivity index (χ3v) is 6.58. The monoisotopic (exact) mass is 589 g/mol. The molecule has 2 unspecified atom stereocenters. The number of carboxylic acid groups (broad SMARTS) is 1. The minimum Gasteiger partial charge on any atom is -0.480 e. The van der Waals surface area contributed by atoms with Crippen LogP contribution in [0.25, 0.3) is 0 Å². The molecule has 10 nitrogen and oxygen atoms in total. The van der Waals surface area contributed by atoms with Crippen molar-refractivity contribution >= 4 is 52.9 Å². The van der Waals surface area contributed by atoms with Gasteiger partial charge in [-0.1, -0.05) is 37.3 Å². The number of carbonyl (C=O) groups is 5. The molecule has 0 saturated heterocycles. The van der Waals surface area contributed by atoms with Gasteiger partial charge in [-0.05, 0) is 52.2 Å². The molecule has 0 aliphatic carbocycles. The smallest absolute Gasteiger partial charge is 0.408 e. The van der Waals surface area contributed by atoms with E-state index in [9.17, 15) is 29.1 Å². The van der Waals surface area contributed by atoms with Crippen molar-refractivity contribution in [3.8, 4) is 0 Å². The molecule has 4 N–H and O–H groups in total. The highest BCUT2D eigenvalue weighted by Crippen LogP contribution is 2.47. The Kier molecular flexibility index (Phi) is 14.1. The predicted octanol–water partition coefficient (Wildman–Crippen LogP) is 2.88. The van der Waals surface area contributed by atoms with E-state index < -0.39 is 38.5 Å². The van der Waals surface area contributed by atoms with Gasteiger partial charge in [0.05, 0.1) is 0 Å². The van der Waals surface area contributed by atoms with Crippen molar-refractivity contribution in [2.24, 2.45) is 0 Å². The van der Waals surface area contributed by atoms with Crippen molar-refractivity contribution in [1.29, 1.82) is 0 Å². The van der Waals surface area contributed by atoms with Gasteiger partial charge in [-0.3, -0.25) is 14.4 Å². The van der Waals surface area contributed by atoms with Gasteiger partial charge >= 0.3 is 12.1 Å². The van der Waals surface area contributed by atoms with E-state index in [4.69, 9.17) is 4.74 Å². The molecule has 0 heterocycles. The molecule has 0 aromatic heterocycles. The summed E-state index contributed by atoms with van der Waals surface area (Å²) >= 11 is 3.46. The molecule has 0 aliphatic heterocycles. The zero-order valence-electron chi connectivity index (χ0n) is 20.9. The number of alkyl carbamates (subject to hydrolysis) is 1. The summed E-state index contributed by atoms with van der Waals surface area (Å²) in [7, 11) is -1.26. The number of ketones is 1. The van der Waals surface area contributed by atoms with E-state index in [0.29, 0.717) is 6.54 Å². The van der Waals surface area contributed by atoms with Crippen LogP contribution in [0, 0.1) is 0 Å². The van der Waals surface area contributed by atoms with E-state index in [1.54, 1.807) is 24.3 Å². The van der Waals surface area contributed by atoms with E-state index in [2.05, 4.69) is 30.8 Å². The summed E-state index contributed by atoms with van der Waals surface area (Å²) in [5.41, 5.74) is 0.747. The van der Waals surface area contributed by atoms with E-state index in [0.717, 1.165) is 12.0 Å². The molecule has 1 aromatic rings. The van der Waals surface area contributed by atoms with Gasteiger partial charge < -0.3 is 25.8 Å². The number of nitrogens with one attached hydrogen (secondary N) is 3. The van der Waals surface area contributed by atoms with Crippen molar-refractivity contribution < 1.29 is 33.8 Å². The normalized spacial score (nSPS) is 13.1. The lowest BCUT2D eigenvalue weighted by atomic mass is 10.1. The Morgan fingerprint density at radius 3 is 2.22 bits per heavy atom. The summed E-state index contributed by atoms with van der Waals surface area (Å²) in [4.78, 5) is 61.2. The molecule has 0 fully saturated rings. The molecule has 3 amide bonds. The van der Waals surface area contributed by atoms with Gasteiger partial charge in [-0.15, -0.1) is 0 Å². The van der Waals surface area contributed by atoms with Crippen LogP contribution in [0.2, 0.25) is 0 Å². The number of ether oxygens (including phenoxy) is 1. The first-order valence-corrected chi connectivity index (χ1v) is 16.1. The third-order valence-electron chi connectivity index (χ3n) is 4.88. The number of carbonyl (C=O) groups excluding carboxylic acids is 4. The van der Waals surface area contributed by atoms with E-state index in [1.165, 1.54) is 0 Å². The van der Waals surface area contributed by atoms with Crippen LogP contribution in [0.4, 0.5) is 4.79 Å². The first-order valence-electron chi connectivity index (χ1n) is 11.6. The van der Waals surface area contributed by atoms with Gasteiger partial charge in [-0.2, -0.15) is 8.46 Å². The molecule has 36 heavy (non-hydrogen) atoms. The second-order valence-corrected chi connectivity index (χ2v) is 17.0. The lowest BCUT2D eigenvalue weighted by Gasteiger charge is -2.23. The molecule has 0 radical (unpaired) electrons. The van der Waals surface area contributed by atoms with Crippen molar-refractivity contribution in [3.05, 3.63) is 35.9 Å². The standard InChI is InChI=1S/C24H36BrN3O7S/c1-4-14-26-21(30)13-12-19(28-24(34)35-15-17-8-6-5-7-9-17)22(31)27-20(23(32)33)11-10-18(29)16-36(2,3)25/h5-9,19-20H,4,10-16H2,1-3H3,(H,26,30)(H,27,31)(H,28,34)(H,32,33). The first-order chi connectivity index (χ1) is 16.9. The minimum absolute atomic E-state index is 0.0179. The van der Waals surface area contributed by atoms with Gasteiger partial charge in [-0.25, -0.2) is 9.59 Å². The Balaban J connectivity index is 2.80. The molecule has 1 rings (SSSR count). The predicted molar refractivity (Wildman–Crippen MR) is 143 cm³/mol. The number of halogens is 1. The molecule has 1 aromatic carbocycles. The average molecular weight is 591 g/mol. The molecule has 2 atom stereocenters. The highest BCUT2D eigenvalue weighted by atomic mass is 79.9. The van der Waals surface area contributed by atoms with Crippen LogP contribution in [0.5, 0.6) is 0 Å². The molecule has 0 bridgehead atoms. The van der Waals surface area contributed by atoms with Crippen molar-refractivity contribution in [2.75, 3.05) is 24.8 Å². The molecule has 0 spiro atoms. The first kappa shape index (κ1) is 31.4. The Bertz CT molecular complexity index is 893. The van der Waals surface area contributed by atoms with Crippen LogP contribution in [0.15, 0.2) is 30.3 Å². The minimum atomic E-state index is -1.33. The maximum absolute atomic E-state index is 12.9. The average Bonchev–Trinajstić information content (AvgIpc) is 2.80. The Hall–Kier alpha value is -2.60. The Morgan fingerprint density at radius 2 is 1.64 bits per heavy atom. The van der Waals surface area contributed by atoms with Crippen LogP contribution >= 0.6 is 23.3 Å². The number of Topliss-reactive ketones (excluding diaryl/α,β-unsaturated/α-hetero) is 1. The fourth-order valence-corrected chi connectivity index (χ4v) is 4.77. The summed E-state index contributed by atoms with van der Waals surface area (Å²) in [6.07, 6.45) is 3.45. The van der Waals surface area contributed by atoms with Crippen LogP contribution in [-0.2, 0) is 30.5 Å². The second-order valence-electron chi connectivity index (χ2n) is 8.67. The molecule has 0 aliphatic rings. The highest BCUT2D eigenvalue weighted by molar-refractivity contribution is 9.58. The van der Waals surface area contributed by atoms with Crippen molar-refractivity contribution in [3.63, 3.8) is 0 Å². The second kappa shape index (κ2) is 16.2. The molecule has 0 saturated carbocycles. The molecular formula is C24H36BrN3O7S. The highest BCUT2D eigenvalue weighted by Gasteiger charge is 2.28. The van der Waals surface area contributed by atoms with Crippen LogP contribution in [0.1, 0.15) is 44.6 Å². The summed E-state index contributed by atoms with van der Waals surface area (Å²) in [6, 6.07) is 6.41. The Morgan fingerprint density at radius 1 is 1.00 bits per heavy atom. The van der Waals surface area contributed by atoms with E-state index in [1.807, 2.05) is 25.5 Å². The van der Waals surface area contributed by atoms with Crippen LogP contribution in [0.3, 0.4) is 0 Å². The Labute approximate surface area is 220 Å². The quantitative estimate of drug-likeness (QED) is 0.231. The maximum Gasteiger partial charge on any atom is 0.408 e.